The number of aromatic nitrogens is 1. The predicted octanol–water partition coefficient (Wildman–Crippen LogP) is 1.86. The minimum atomic E-state index is -0.456. The molecule has 1 aromatic heterocycles. The monoisotopic (exact) mass is 209 g/mol. The largest absolute Gasteiger partial charge is 0.495 e. The molecule has 14 heavy (non-hydrogen) atoms. The summed E-state index contributed by atoms with van der Waals surface area (Å²) in [6.45, 7) is 0. The standard InChI is InChI=1S/C9H7NO3S/c1-12-6-4-2-3-5-7(6)10-9(14)13-8(5)11/h2-4H,1H3,(H,10,14). The van der Waals surface area contributed by atoms with Crippen molar-refractivity contribution in [1.29, 1.82) is 0 Å². The van der Waals surface area contributed by atoms with Gasteiger partial charge in [-0.3, -0.25) is 0 Å². The second kappa shape index (κ2) is 3.26. The number of para-hydroxylation sites is 1. The van der Waals surface area contributed by atoms with Gasteiger partial charge in [0.05, 0.1) is 18.0 Å². The van der Waals surface area contributed by atoms with Gasteiger partial charge >= 0.3 is 5.63 Å². The molecule has 4 nitrogen and oxygen atoms in total. The molecule has 0 unspecified atom stereocenters. The second-order valence-corrected chi connectivity index (χ2v) is 3.06. The number of ether oxygens (including phenoxy) is 1. The normalized spacial score (nSPS) is 10.4. The Hall–Kier alpha value is -1.62. The first-order valence-electron chi connectivity index (χ1n) is 3.92. The van der Waals surface area contributed by atoms with E-state index in [1.165, 1.54) is 7.11 Å². The van der Waals surface area contributed by atoms with Crippen molar-refractivity contribution < 1.29 is 9.15 Å². The van der Waals surface area contributed by atoms with Crippen molar-refractivity contribution in [3.63, 3.8) is 0 Å². The Balaban J connectivity index is 3.01. The van der Waals surface area contributed by atoms with Crippen molar-refractivity contribution in [2.45, 2.75) is 0 Å². The molecule has 0 bridgehead atoms. The van der Waals surface area contributed by atoms with Crippen LogP contribution in [0.3, 0.4) is 0 Å². The van der Waals surface area contributed by atoms with Crippen LogP contribution in [0, 0.1) is 4.84 Å². The first-order chi connectivity index (χ1) is 6.72. The van der Waals surface area contributed by atoms with Gasteiger partial charge in [-0.05, 0) is 24.4 Å². The summed E-state index contributed by atoms with van der Waals surface area (Å²) in [6.07, 6.45) is 0. The van der Waals surface area contributed by atoms with Crippen LogP contribution in [-0.4, -0.2) is 12.1 Å². The number of rotatable bonds is 1. The van der Waals surface area contributed by atoms with E-state index in [4.69, 9.17) is 21.4 Å². The number of H-pyrrole nitrogens is 1. The Bertz CT molecular complexity index is 584. The molecule has 1 aromatic carbocycles. The molecular formula is C9H7NO3S. The van der Waals surface area contributed by atoms with Crippen LogP contribution in [0.25, 0.3) is 10.9 Å². The molecular weight excluding hydrogens is 202 g/mol. The predicted molar refractivity (Wildman–Crippen MR) is 54.2 cm³/mol. The van der Waals surface area contributed by atoms with Crippen LogP contribution in [0.2, 0.25) is 0 Å². The van der Waals surface area contributed by atoms with Crippen molar-refractivity contribution in [1.82, 2.24) is 4.98 Å². The quantitative estimate of drug-likeness (QED) is 0.728. The van der Waals surface area contributed by atoms with Crippen LogP contribution >= 0.6 is 12.2 Å². The average molecular weight is 209 g/mol. The molecule has 2 aromatic rings. The van der Waals surface area contributed by atoms with Gasteiger partial charge in [-0.2, -0.15) is 0 Å². The maximum atomic E-state index is 11.4. The lowest BCUT2D eigenvalue weighted by Crippen LogP contribution is -2.02. The lowest BCUT2D eigenvalue weighted by molar-refractivity contribution is 0.416. The van der Waals surface area contributed by atoms with Crippen molar-refractivity contribution in [2.24, 2.45) is 0 Å². The summed E-state index contributed by atoms with van der Waals surface area (Å²) in [5, 5.41) is 0.429. The van der Waals surface area contributed by atoms with Gasteiger partial charge in [-0.15, -0.1) is 0 Å². The number of benzene rings is 1. The number of hydrogen-bond donors (Lipinski definition) is 1. The number of nitrogens with one attached hydrogen (secondary N) is 1. The van der Waals surface area contributed by atoms with Gasteiger partial charge in [0.2, 0.25) is 0 Å². The lowest BCUT2D eigenvalue weighted by atomic mass is 10.2. The van der Waals surface area contributed by atoms with Crippen LogP contribution < -0.4 is 10.4 Å². The van der Waals surface area contributed by atoms with Crippen LogP contribution in [0.5, 0.6) is 5.75 Å². The first kappa shape index (κ1) is 8.96. The first-order valence-corrected chi connectivity index (χ1v) is 4.33. The highest BCUT2D eigenvalue weighted by Gasteiger charge is 2.05. The molecule has 0 aliphatic rings. The molecule has 1 heterocycles. The maximum absolute atomic E-state index is 11.4. The van der Waals surface area contributed by atoms with E-state index in [-0.39, 0.29) is 4.84 Å². The Morgan fingerprint density at radius 3 is 3.00 bits per heavy atom. The molecule has 0 aliphatic carbocycles. The fraction of sp³-hybridized carbons (Fsp3) is 0.111. The molecule has 2 rings (SSSR count). The van der Waals surface area contributed by atoms with Crippen molar-refractivity contribution in [2.75, 3.05) is 7.11 Å². The Kier molecular flexibility index (Phi) is 2.09. The maximum Gasteiger partial charge on any atom is 0.347 e. The van der Waals surface area contributed by atoms with E-state index >= 15 is 0 Å². The molecule has 1 N–H and O–H groups in total. The number of fused-ring (bicyclic) bond motifs is 1. The summed E-state index contributed by atoms with van der Waals surface area (Å²) in [6, 6.07) is 5.11. The third kappa shape index (κ3) is 1.31. The third-order valence-corrected chi connectivity index (χ3v) is 2.06. The molecule has 0 amide bonds. The molecule has 0 fully saturated rings. The average Bonchev–Trinajstić information content (AvgIpc) is 2.17. The minimum absolute atomic E-state index is 0.0481. The second-order valence-electron chi connectivity index (χ2n) is 2.68. The van der Waals surface area contributed by atoms with Gasteiger partial charge in [0.25, 0.3) is 4.84 Å². The summed E-state index contributed by atoms with van der Waals surface area (Å²) in [4.78, 5) is 14.2. The van der Waals surface area contributed by atoms with E-state index in [9.17, 15) is 4.79 Å². The van der Waals surface area contributed by atoms with Crippen LogP contribution in [0.15, 0.2) is 27.4 Å². The van der Waals surface area contributed by atoms with Crippen molar-refractivity contribution in [3.05, 3.63) is 33.5 Å². The van der Waals surface area contributed by atoms with E-state index < -0.39 is 5.63 Å². The fourth-order valence-corrected chi connectivity index (χ4v) is 1.44. The van der Waals surface area contributed by atoms with Gasteiger partial charge in [-0.1, -0.05) is 6.07 Å². The topological polar surface area (TPSA) is 55.2 Å². The van der Waals surface area contributed by atoms with E-state index in [0.29, 0.717) is 16.7 Å². The highest BCUT2D eigenvalue weighted by molar-refractivity contribution is 7.71. The smallest absolute Gasteiger partial charge is 0.347 e. The van der Waals surface area contributed by atoms with Crippen molar-refractivity contribution >= 4 is 23.1 Å². The highest BCUT2D eigenvalue weighted by atomic mass is 32.1. The van der Waals surface area contributed by atoms with E-state index in [0.717, 1.165) is 0 Å². The zero-order valence-corrected chi connectivity index (χ0v) is 8.18. The minimum Gasteiger partial charge on any atom is -0.495 e. The van der Waals surface area contributed by atoms with Crippen LogP contribution in [0.1, 0.15) is 0 Å². The van der Waals surface area contributed by atoms with Crippen LogP contribution in [0.4, 0.5) is 0 Å². The van der Waals surface area contributed by atoms with Gasteiger partial charge in [0, 0.05) is 0 Å². The molecule has 0 saturated heterocycles. The highest BCUT2D eigenvalue weighted by Crippen LogP contribution is 2.20. The van der Waals surface area contributed by atoms with E-state index in [1.54, 1.807) is 18.2 Å². The summed E-state index contributed by atoms with van der Waals surface area (Å²) in [5.41, 5.74) is 0.110. The molecule has 5 heteroatoms. The molecule has 0 saturated carbocycles. The zero-order valence-electron chi connectivity index (χ0n) is 7.37. The third-order valence-electron chi connectivity index (χ3n) is 1.88. The van der Waals surface area contributed by atoms with Crippen molar-refractivity contribution in [3.8, 4) is 5.75 Å². The zero-order chi connectivity index (χ0) is 10.1. The van der Waals surface area contributed by atoms with E-state index in [2.05, 4.69) is 4.98 Å². The molecule has 0 aliphatic heterocycles. The number of methoxy groups -OCH3 is 1. The van der Waals surface area contributed by atoms with Gasteiger partial charge in [0.15, 0.2) is 0 Å². The molecule has 0 spiro atoms. The number of aromatic amines is 1. The van der Waals surface area contributed by atoms with Crippen LogP contribution in [-0.2, 0) is 0 Å². The Morgan fingerprint density at radius 1 is 1.50 bits per heavy atom. The lowest BCUT2D eigenvalue weighted by Gasteiger charge is -2.02. The summed E-state index contributed by atoms with van der Waals surface area (Å²) in [5.74, 6) is 0.571. The Labute approximate surface area is 84.1 Å². The number of hydrogen-bond acceptors (Lipinski definition) is 4. The van der Waals surface area contributed by atoms with Gasteiger partial charge < -0.3 is 14.1 Å². The SMILES string of the molecule is COc1cccc2c(=O)oc(=S)[nH]c12. The summed E-state index contributed by atoms with van der Waals surface area (Å²) in [7, 11) is 1.53. The summed E-state index contributed by atoms with van der Waals surface area (Å²) >= 11 is 4.76. The van der Waals surface area contributed by atoms with Gasteiger partial charge in [0.1, 0.15) is 5.75 Å². The molecule has 0 radical (unpaired) electrons. The molecule has 0 atom stereocenters. The Morgan fingerprint density at radius 2 is 2.29 bits per heavy atom. The van der Waals surface area contributed by atoms with E-state index in [1.807, 2.05) is 0 Å². The fourth-order valence-electron chi connectivity index (χ4n) is 1.27. The molecule has 72 valence electrons. The summed E-state index contributed by atoms with van der Waals surface area (Å²) < 4.78 is 9.82. The van der Waals surface area contributed by atoms with Gasteiger partial charge in [-0.25, -0.2) is 4.79 Å².